The van der Waals surface area contributed by atoms with Crippen molar-refractivity contribution < 1.29 is 14.3 Å². The molecule has 0 aliphatic carbocycles. The fourth-order valence-electron chi connectivity index (χ4n) is 1.80. The number of halogens is 2. The topological polar surface area (TPSA) is 61.5 Å². The van der Waals surface area contributed by atoms with E-state index in [1.165, 1.54) is 12.1 Å². The molecule has 2 N–H and O–H groups in total. The number of nitrogen functional groups attached to an aromatic ring is 1. The van der Waals surface area contributed by atoms with Crippen molar-refractivity contribution in [3.05, 3.63) is 57.6 Å². The lowest BCUT2D eigenvalue weighted by Crippen LogP contribution is -2.07. The number of esters is 1. The molecular weight excluding hydrogens is 313 g/mol. The third-order valence-corrected chi connectivity index (χ3v) is 3.62. The molecule has 0 amide bonds. The molecule has 0 aromatic heterocycles. The lowest BCUT2D eigenvalue weighted by atomic mass is 10.2. The maximum absolute atomic E-state index is 12.1. The third-order valence-electron chi connectivity index (χ3n) is 2.82. The molecule has 110 valence electrons. The highest BCUT2D eigenvalue weighted by Gasteiger charge is 2.16. The number of carbonyl (C=O) groups excluding carboxylic acids is 1. The van der Waals surface area contributed by atoms with Gasteiger partial charge in [-0.05, 0) is 18.2 Å². The smallest absolute Gasteiger partial charge is 0.340 e. The summed E-state index contributed by atoms with van der Waals surface area (Å²) < 4.78 is 10.4. The molecule has 0 spiro atoms. The van der Waals surface area contributed by atoms with Gasteiger partial charge in [-0.25, -0.2) is 4.79 Å². The van der Waals surface area contributed by atoms with E-state index in [0.29, 0.717) is 11.4 Å². The van der Waals surface area contributed by atoms with Gasteiger partial charge in [0.2, 0.25) is 0 Å². The summed E-state index contributed by atoms with van der Waals surface area (Å²) in [7, 11) is 1.55. The molecule has 0 radical (unpaired) electrons. The maximum Gasteiger partial charge on any atom is 0.340 e. The first-order chi connectivity index (χ1) is 10.0. The highest BCUT2D eigenvalue weighted by atomic mass is 35.5. The van der Waals surface area contributed by atoms with Crippen molar-refractivity contribution in [2.75, 3.05) is 12.8 Å². The highest BCUT2D eigenvalue weighted by Crippen LogP contribution is 2.29. The molecule has 2 aromatic rings. The Morgan fingerprint density at radius 2 is 1.95 bits per heavy atom. The second kappa shape index (κ2) is 6.70. The second-order valence-electron chi connectivity index (χ2n) is 4.25. The molecule has 0 unspecified atom stereocenters. The summed E-state index contributed by atoms with van der Waals surface area (Å²) in [5, 5.41) is 0.330. The molecule has 0 saturated carbocycles. The van der Waals surface area contributed by atoms with E-state index in [4.69, 9.17) is 38.4 Å². The Hall–Kier alpha value is -1.91. The average molecular weight is 326 g/mol. The number of benzene rings is 2. The molecule has 6 heteroatoms. The Bertz CT molecular complexity index is 674. The summed E-state index contributed by atoms with van der Waals surface area (Å²) in [6.45, 7) is 0.0611. The Morgan fingerprint density at radius 1 is 1.24 bits per heavy atom. The number of hydrogen-bond donors (Lipinski definition) is 1. The van der Waals surface area contributed by atoms with Crippen molar-refractivity contribution in [3.8, 4) is 5.75 Å². The minimum absolute atomic E-state index is 0.0611. The first kappa shape index (κ1) is 15.5. The standard InChI is InChI=1S/C15H13Cl2NO3/c1-20-13-5-3-2-4-9(13)8-21-15(19)11-6-10(18)7-12(16)14(11)17/h2-7H,8,18H2,1H3. The number of carbonyl (C=O) groups is 1. The molecule has 0 saturated heterocycles. The minimum atomic E-state index is -0.597. The zero-order chi connectivity index (χ0) is 15.4. The number of anilines is 1. The fourth-order valence-corrected chi connectivity index (χ4v) is 2.22. The first-order valence-corrected chi connectivity index (χ1v) is 6.82. The van der Waals surface area contributed by atoms with E-state index in [1.807, 2.05) is 12.1 Å². The quantitative estimate of drug-likeness (QED) is 0.683. The van der Waals surface area contributed by atoms with Gasteiger partial charge in [-0.2, -0.15) is 0 Å². The van der Waals surface area contributed by atoms with Crippen LogP contribution >= 0.6 is 23.2 Å². The maximum atomic E-state index is 12.1. The summed E-state index contributed by atoms with van der Waals surface area (Å²) in [6, 6.07) is 10.2. The molecule has 4 nitrogen and oxygen atoms in total. The monoisotopic (exact) mass is 325 g/mol. The van der Waals surface area contributed by atoms with Gasteiger partial charge in [0.1, 0.15) is 12.4 Å². The molecule has 0 atom stereocenters. The Balaban J connectivity index is 2.16. The normalized spacial score (nSPS) is 10.2. The average Bonchev–Trinajstić information content (AvgIpc) is 2.48. The van der Waals surface area contributed by atoms with E-state index in [-0.39, 0.29) is 22.2 Å². The van der Waals surface area contributed by atoms with Gasteiger partial charge in [-0.15, -0.1) is 0 Å². The van der Waals surface area contributed by atoms with Gasteiger partial charge in [0.25, 0.3) is 0 Å². The van der Waals surface area contributed by atoms with E-state index in [0.717, 1.165) is 5.56 Å². The van der Waals surface area contributed by atoms with E-state index in [9.17, 15) is 4.79 Å². The molecule has 0 bridgehead atoms. The number of rotatable bonds is 4. The summed E-state index contributed by atoms with van der Waals surface area (Å²) in [4.78, 5) is 12.1. The van der Waals surface area contributed by atoms with Crippen molar-refractivity contribution >= 4 is 34.9 Å². The lowest BCUT2D eigenvalue weighted by molar-refractivity contribution is 0.0470. The van der Waals surface area contributed by atoms with Crippen molar-refractivity contribution in [3.63, 3.8) is 0 Å². The van der Waals surface area contributed by atoms with E-state index in [1.54, 1.807) is 19.2 Å². The molecule has 0 aliphatic heterocycles. The molecule has 0 fully saturated rings. The van der Waals surface area contributed by atoms with Crippen LogP contribution in [0.15, 0.2) is 36.4 Å². The Morgan fingerprint density at radius 3 is 2.67 bits per heavy atom. The fraction of sp³-hybridized carbons (Fsp3) is 0.133. The number of para-hydroxylation sites is 1. The zero-order valence-corrected chi connectivity index (χ0v) is 12.7. The largest absolute Gasteiger partial charge is 0.496 e. The van der Waals surface area contributed by atoms with Crippen LogP contribution in [-0.2, 0) is 11.3 Å². The predicted molar refractivity (Wildman–Crippen MR) is 83.0 cm³/mol. The molecule has 21 heavy (non-hydrogen) atoms. The van der Waals surface area contributed by atoms with Crippen LogP contribution in [0.4, 0.5) is 5.69 Å². The van der Waals surface area contributed by atoms with Gasteiger partial charge < -0.3 is 15.2 Å². The summed E-state index contributed by atoms with van der Waals surface area (Å²) in [6.07, 6.45) is 0. The second-order valence-corrected chi connectivity index (χ2v) is 5.04. The molecule has 0 aliphatic rings. The third kappa shape index (κ3) is 3.60. The SMILES string of the molecule is COc1ccccc1COC(=O)c1cc(N)cc(Cl)c1Cl. The molecule has 0 heterocycles. The molecule has 2 rings (SSSR count). The number of ether oxygens (including phenoxy) is 2. The molecular formula is C15H13Cl2NO3. The van der Waals surface area contributed by atoms with Crippen LogP contribution in [0.5, 0.6) is 5.75 Å². The van der Waals surface area contributed by atoms with Crippen molar-refractivity contribution in [1.29, 1.82) is 0 Å². The van der Waals surface area contributed by atoms with E-state index < -0.39 is 5.97 Å². The Labute approximate surface area is 132 Å². The predicted octanol–water partition coefficient (Wildman–Crippen LogP) is 3.94. The van der Waals surface area contributed by atoms with Crippen LogP contribution < -0.4 is 10.5 Å². The van der Waals surface area contributed by atoms with E-state index in [2.05, 4.69) is 0 Å². The van der Waals surface area contributed by atoms with Gasteiger partial charge in [0.05, 0.1) is 22.7 Å². The van der Waals surface area contributed by atoms with Gasteiger partial charge in [0, 0.05) is 11.3 Å². The van der Waals surface area contributed by atoms with Crippen molar-refractivity contribution in [2.45, 2.75) is 6.61 Å². The van der Waals surface area contributed by atoms with Gasteiger partial charge in [0.15, 0.2) is 0 Å². The lowest BCUT2D eigenvalue weighted by Gasteiger charge is -2.10. The zero-order valence-electron chi connectivity index (χ0n) is 11.2. The van der Waals surface area contributed by atoms with Gasteiger partial charge in [-0.3, -0.25) is 0 Å². The summed E-state index contributed by atoms with van der Waals surface area (Å²) in [5.74, 6) is 0.0436. The van der Waals surface area contributed by atoms with Crippen LogP contribution in [-0.4, -0.2) is 13.1 Å². The van der Waals surface area contributed by atoms with Gasteiger partial charge >= 0.3 is 5.97 Å². The van der Waals surface area contributed by atoms with Crippen LogP contribution in [0.2, 0.25) is 10.0 Å². The number of nitrogens with two attached hydrogens (primary N) is 1. The van der Waals surface area contributed by atoms with Crippen molar-refractivity contribution in [1.82, 2.24) is 0 Å². The van der Waals surface area contributed by atoms with Crippen molar-refractivity contribution in [2.24, 2.45) is 0 Å². The van der Waals surface area contributed by atoms with Gasteiger partial charge in [-0.1, -0.05) is 41.4 Å². The highest BCUT2D eigenvalue weighted by molar-refractivity contribution is 6.44. The van der Waals surface area contributed by atoms with Crippen LogP contribution in [0.3, 0.4) is 0 Å². The first-order valence-electron chi connectivity index (χ1n) is 6.06. The minimum Gasteiger partial charge on any atom is -0.496 e. The summed E-state index contributed by atoms with van der Waals surface area (Å²) >= 11 is 11.9. The van der Waals surface area contributed by atoms with Crippen LogP contribution in [0, 0.1) is 0 Å². The Kier molecular flexibility index (Phi) is 4.94. The number of methoxy groups -OCH3 is 1. The molecule has 2 aromatic carbocycles. The van der Waals surface area contributed by atoms with Crippen LogP contribution in [0.25, 0.3) is 0 Å². The number of hydrogen-bond acceptors (Lipinski definition) is 4. The van der Waals surface area contributed by atoms with Crippen LogP contribution in [0.1, 0.15) is 15.9 Å². The van der Waals surface area contributed by atoms with E-state index >= 15 is 0 Å². The summed E-state index contributed by atoms with van der Waals surface area (Å²) in [5.41, 5.74) is 6.87.